The molecule has 0 saturated heterocycles. The molecule has 4 nitrogen and oxygen atoms in total. The summed E-state index contributed by atoms with van der Waals surface area (Å²) in [6.07, 6.45) is 0. The molecule has 10 heavy (non-hydrogen) atoms. The van der Waals surface area contributed by atoms with Crippen molar-refractivity contribution in [3.05, 3.63) is 0 Å². The molecular weight excluding hydrogens is 158 g/mol. The van der Waals surface area contributed by atoms with Crippen LogP contribution in [0.25, 0.3) is 0 Å². The number of hydrogen-bond acceptors (Lipinski definition) is 4. The minimum Gasteiger partial charge on any atom is -0.468 e. The lowest BCUT2D eigenvalue weighted by Gasteiger charge is -2.08. The summed E-state index contributed by atoms with van der Waals surface area (Å²) in [5, 5.41) is 11.0. The van der Waals surface area contributed by atoms with Gasteiger partial charge in [0.05, 0.1) is 13.7 Å². The van der Waals surface area contributed by atoms with Gasteiger partial charge in [0, 0.05) is 0 Å². The average Bonchev–Trinajstić information content (AvgIpc) is 1.90. The standard InChI is InChI=1S/C5H11NO3.ClH/c1-6-4(3-7)5(8)9-2;/h4,6-7H,3H2,1-2H3;1H/t4-;/m0./s1. The Bertz CT molecular complexity index is 94.9. The highest BCUT2D eigenvalue weighted by Crippen LogP contribution is 1.82. The topological polar surface area (TPSA) is 58.6 Å². The van der Waals surface area contributed by atoms with E-state index in [4.69, 9.17) is 5.11 Å². The molecule has 0 aliphatic carbocycles. The van der Waals surface area contributed by atoms with Gasteiger partial charge >= 0.3 is 5.97 Å². The number of likely N-dealkylation sites (N-methyl/N-ethyl adjacent to an activating group) is 1. The van der Waals surface area contributed by atoms with Crippen LogP contribution in [0, 0.1) is 0 Å². The Balaban J connectivity index is 0. The van der Waals surface area contributed by atoms with Gasteiger partial charge in [-0.15, -0.1) is 12.4 Å². The fourth-order valence-electron chi connectivity index (χ4n) is 0.426. The molecule has 0 fully saturated rings. The van der Waals surface area contributed by atoms with Crippen LogP contribution in [-0.2, 0) is 9.53 Å². The molecule has 0 radical (unpaired) electrons. The number of halogens is 1. The number of hydrogen-bond donors (Lipinski definition) is 2. The molecule has 5 heteroatoms. The Kier molecular flexibility index (Phi) is 8.40. The van der Waals surface area contributed by atoms with Crippen LogP contribution in [0.15, 0.2) is 0 Å². The van der Waals surface area contributed by atoms with E-state index in [0.717, 1.165) is 0 Å². The highest BCUT2D eigenvalue weighted by molar-refractivity contribution is 5.85. The van der Waals surface area contributed by atoms with Gasteiger partial charge < -0.3 is 15.2 Å². The maximum atomic E-state index is 10.5. The van der Waals surface area contributed by atoms with Crippen molar-refractivity contribution in [2.45, 2.75) is 6.04 Å². The average molecular weight is 170 g/mol. The number of carbonyl (C=O) groups is 1. The lowest BCUT2D eigenvalue weighted by molar-refractivity contribution is -0.143. The molecule has 0 bridgehead atoms. The SMILES string of the molecule is CN[C@@H](CO)C(=O)OC.Cl. The lowest BCUT2D eigenvalue weighted by atomic mass is 10.3. The van der Waals surface area contributed by atoms with Gasteiger partial charge in [0.15, 0.2) is 0 Å². The Morgan fingerprint density at radius 2 is 2.30 bits per heavy atom. The van der Waals surface area contributed by atoms with E-state index >= 15 is 0 Å². The highest BCUT2D eigenvalue weighted by Gasteiger charge is 2.13. The largest absolute Gasteiger partial charge is 0.468 e. The van der Waals surface area contributed by atoms with Crippen LogP contribution in [0.1, 0.15) is 0 Å². The third-order valence-electron chi connectivity index (χ3n) is 1.02. The Morgan fingerprint density at radius 1 is 1.80 bits per heavy atom. The zero-order valence-corrected chi connectivity index (χ0v) is 6.77. The minimum atomic E-state index is -0.588. The smallest absolute Gasteiger partial charge is 0.325 e. The Hall–Kier alpha value is -0.320. The van der Waals surface area contributed by atoms with Crippen LogP contribution in [0.3, 0.4) is 0 Å². The summed E-state index contributed by atoms with van der Waals surface area (Å²) in [7, 11) is 2.86. The van der Waals surface area contributed by atoms with Crippen molar-refractivity contribution in [2.75, 3.05) is 20.8 Å². The zero-order valence-electron chi connectivity index (χ0n) is 5.96. The molecule has 0 aromatic rings. The molecule has 0 aromatic heterocycles. The predicted molar refractivity (Wildman–Crippen MR) is 39.2 cm³/mol. The number of aliphatic hydroxyl groups excluding tert-OH is 1. The normalized spacial score (nSPS) is 11.5. The van der Waals surface area contributed by atoms with E-state index in [1.165, 1.54) is 7.11 Å². The number of aliphatic hydroxyl groups is 1. The van der Waals surface area contributed by atoms with Crippen molar-refractivity contribution in [1.82, 2.24) is 5.32 Å². The first kappa shape index (κ1) is 12.4. The van der Waals surface area contributed by atoms with Crippen LogP contribution >= 0.6 is 12.4 Å². The van der Waals surface area contributed by atoms with Gasteiger partial charge in [-0.2, -0.15) is 0 Å². The summed E-state index contributed by atoms with van der Waals surface area (Å²) in [5.41, 5.74) is 0. The molecule has 0 aliphatic heterocycles. The van der Waals surface area contributed by atoms with Crippen LogP contribution < -0.4 is 5.32 Å². The molecule has 1 atom stereocenters. The van der Waals surface area contributed by atoms with E-state index in [2.05, 4.69) is 10.1 Å². The second-order valence-electron chi connectivity index (χ2n) is 1.55. The molecular formula is C5H12ClNO3. The van der Waals surface area contributed by atoms with Crippen molar-refractivity contribution in [2.24, 2.45) is 0 Å². The number of esters is 1. The second-order valence-corrected chi connectivity index (χ2v) is 1.55. The number of rotatable bonds is 3. The summed E-state index contributed by atoms with van der Waals surface area (Å²) in [4.78, 5) is 10.5. The van der Waals surface area contributed by atoms with Gasteiger partial charge in [-0.05, 0) is 7.05 Å². The fourth-order valence-corrected chi connectivity index (χ4v) is 0.426. The number of nitrogens with one attached hydrogen (secondary N) is 1. The zero-order chi connectivity index (χ0) is 7.28. The molecule has 62 valence electrons. The van der Waals surface area contributed by atoms with E-state index in [0.29, 0.717) is 0 Å². The van der Waals surface area contributed by atoms with Gasteiger partial charge in [0.25, 0.3) is 0 Å². The van der Waals surface area contributed by atoms with E-state index < -0.39 is 12.0 Å². The third kappa shape index (κ3) is 3.66. The molecule has 0 aliphatic rings. The molecule has 2 N–H and O–H groups in total. The molecule has 0 spiro atoms. The van der Waals surface area contributed by atoms with Crippen molar-refractivity contribution in [3.8, 4) is 0 Å². The summed E-state index contributed by atoms with van der Waals surface area (Å²) < 4.78 is 4.33. The van der Waals surface area contributed by atoms with Gasteiger partial charge in [-0.25, -0.2) is 0 Å². The predicted octanol–water partition coefficient (Wildman–Crippen LogP) is -0.839. The Labute approximate surface area is 66.0 Å². The molecule has 0 aromatic carbocycles. The minimum absolute atomic E-state index is 0. The lowest BCUT2D eigenvalue weighted by Crippen LogP contribution is -2.37. The molecule has 0 unspecified atom stereocenters. The first-order chi connectivity index (χ1) is 4.26. The van der Waals surface area contributed by atoms with Crippen LogP contribution in [-0.4, -0.2) is 37.9 Å². The summed E-state index contributed by atoms with van der Waals surface area (Å²) >= 11 is 0. The summed E-state index contributed by atoms with van der Waals surface area (Å²) in [6, 6.07) is -0.588. The highest BCUT2D eigenvalue weighted by atomic mass is 35.5. The van der Waals surface area contributed by atoms with Crippen molar-refractivity contribution < 1.29 is 14.6 Å². The van der Waals surface area contributed by atoms with Crippen LogP contribution in [0.5, 0.6) is 0 Å². The first-order valence-electron chi connectivity index (χ1n) is 2.62. The maximum Gasteiger partial charge on any atom is 0.325 e. The van der Waals surface area contributed by atoms with Gasteiger partial charge in [-0.3, -0.25) is 4.79 Å². The van der Waals surface area contributed by atoms with Gasteiger partial charge in [0.1, 0.15) is 6.04 Å². The molecule has 0 saturated carbocycles. The van der Waals surface area contributed by atoms with Crippen LogP contribution in [0.4, 0.5) is 0 Å². The number of ether oxygens (including phenoxy) is 1. The second kappa shape index (κ2) is 6.80. The fraction of sp³-hybridized carbons (Fsp3) is 0.800. The van der Waals surface area contributed by atoms with Crippen molar-refractivity contribution >= 4 is 18.4 Å². The molecule has 0 amide bonds. The summed E-state index contributed by atoms with van der Waals surface area (Å²) in [6.45, 7) is -0.233. The van der Waals surface area contributed by atoms with E-state index in [1.54, 1.807) is 7.05 Å². The first-order valence-corrected chi connectivity index (χ1v) is 2.62. The summed E-state index contributed by atoms with van der Waals surface area (Å²) in [5.74, 6) is -0.444. The quantitative estimate of drug-likeness (QED) is 0.541. The van der Waals surface area contributed by atoms with E-state index in [1.807, 2.05) is 0 Å². The van der Waals surface area contributed by atoms with E-state index in [-0.39, 0.29) is 19.0 Å². The van der Waals surface area contributed by atoms with Gasteiger partial charge in [-0.1, -0.05) is 0 Å². The number of carbonyl (C=O) groups excluding carboxylic acids is 1. The number of methoxy groups -OCH3 is 1. The van der Waals surface area contributed by atoms with Crippen molar-refractivity contribution in [3.63, 3.8) is 0 Å². The van der Waals surface area contributed by atoms with Crippen molar-refractivity contribution in [1.29, 1.82) is 0 Å². The Morgan fingerprint density at radius 3 is 2.40 bits per heavy atom. The third-order valence-corrected chi connectivity index (χ3v) is 1.02. The molecule has 0 rings (SSSR count). The monoisotopic (exact) mass is 169 g/mol. The maximum absolute atomic E-state index is 10.5. The molecule has 0 heterocycles. The van der Waals surface area contributed by atoms with Crippen LogP contribution in [0.2, 0.25) is 0 Å². The van der Waals surface area contributed by atoms with Gasteiger partial charge in [0.2, 0.25) is 0 Å². The van der Waals surface area contributed by atoms with E-state index in [9.17, 15) is 4.79 Å².